The third-order valence-corrected chi connectivity index (χ3v) is 5.61. The molecule has 0 radical (unpaired) electrons. The van der Waals surface area contributed by atoms with Gasteiger partial charge in [-0.05, 0) is 23.7 Å². The Bertz CT molecular complexity index is 933. The predicted octanol–water partition coefficient (Wildman–Crippen LogP) is 3.13. The smallest absolute Gasteiger partial charge is 0.189 e. The molecule has 5 nitrogen and oxygen atoms in total. The summed E-state index contributed by atoms with van der Waals surface area (Å²) in [5.74, 6) is -4.09. The summed E-state index contributed by atoms with van der Waals surface area (Å²) in [6.45, 7) is 3.68. The van der Waals surface area contributed by atoms with Gasteiger partial charge in [0.1, 0.15) is 17.6 Å². The second-order valence-corrected chi connectivity index (χ2v) is 6.81. The lowest BCUT2D eigenvalue weighted by atomic mass is 9.54. The minimum absolute atomic E-state index is 0.0227. The van der Waals surface area contributed by atoms with Crippen molar-refractivity contribution in [3.63, 3.8) is 0 Å². The summed E-state index contributed by atoms with van der Waals surface area (Å²) >= 11 is 0. The number of rotatable bonds is 2. The molecule has 1 fully saturated rings. The van der Waals surface area contributed by atoms with Crippen molar-refractivity contribution in [3.05, 3.63) is 47.0 Å². The summed E-state index contributed by atoms with van der Waals surface area (Å²) in [5, 5.41) is 37.8. The van der Waals surface area contributed by atoms with Crippen LogP contribution in [-0.2, 0) is 0 Å². The van der Waals surface area contributed by atoms with E-state index in [1.165, 1.54) is 6.07 Å². The average Bonchev–Trinajstić information content (AvgIpc) is 2.67. The number of nitrogens with zero attached hydrogens (tertiary/aromatic N) is 4. The highest BCUT2D eigenvalue weighted by Gasteiger charge is 2.58. The van der Waals surface area contributed by atoms with Gasteiger partial charge in [-0.25, -0.2) is 8.78 Å². The maximum absolute atomic E-state index is 14.7. The topological polar surface area (TPSA) is 98.5 Å². The second-order valence-electron chi connectivity index (χ2n) is 6.81. The van der Waals surface area contributed by atoms with Crippen LogP contribution in [0.3, 0.4) is 0 Å². The van der Waals surface area contributed by atoms with E-state index in [9.17, 15) is 24.6 Å². The van der Waals surface area contributed by atoms with Crippen LogP contribution >= 0.6 is 0 Å². The molecule has 1 aliphatic heterocycles. The van der Waals surface area contributed by atoms with E-state index in [0.717, 1.165) is 12.1 Å². The quantitative estimate of drug-likeness (QED) is 0.814. The standard InChI is InChI=1S/C20H17F2N5/c1-2-27-6-5-13-15(8-23)19(26)20(10-24,11-25)18(16(13)9-27)14-4-3-12(21)7-17(14)22/h3-5,7,15-16,18,26H,2,6,9H2,1H3/t15?,16-,18-/m0/s1. The van der Waals surface area contributed by atoms with Crippen LogP contribution in [0.1, 0.15) is 18.4 Å². The summed E-state index contributed by atoms with van der Waals surface area (Å²) < 4.78 is 28.1. The van der Waals surface area contributed by atoms with Crippen molar-refractivity contribution < 1.29 is 8.78 Å². The number of benzene rings is 1. The molecule has 1 heterocycles. The van der Waals surface area contributed by atoms with E-state index >= 15 is 0 Å². The fourth-order valence-corrected chi connectivity index (χ4v) is 4.22. The van der Waals surface area contributed by atoms with E-state index in [1.807, 2.05) is 31.2 Å². The molecular weight excluding hydrogens is 348 g/mol. The first kappa shape index (κ1) is 18.7. The van der Waals surface area contributed by atoms with Crippen molar-refractivity contribution in [2.24, 2.45) is 17.3 Å². The van der Waals surface area contributed by atoms with Gasteiger partial charge in [0, 0.05) is 31.0 Å². The summed E-state index contributed by atoms with van der Waals surface area (Å²) in [6, 6.07) is 8.87. The molecule has 1 saturated carbocycles. The fourth-order valence-electron chi connectivity index (χ4n) is 4.22. The number of fused-ring (bicyclic) bond motifs is 1. The Hall–Kier alpha value is -3.08. The van der Waals surface area contributed by atoms with Gasteiger partial charge < -0.3 is 5.41 Å². The summed E-state index contributed by atoms with van der Waals surface area (Å²) in [4.78, 5) is 2.06. The molecule has 0 spiro atoms. The number of halogens is 2. The molecule has 1 aliphatic carbocycles. The zero-order valence-corrected chi connectivity index (χ0v) is 14.7. The molecule has 0 aromatic heterocycles. The van der Waals surface area contributed by atoms with E-state index in [1.54, 1.807) is 0 Å². The van der Waals surface area contributed by atoms with Crippen LogP contribution in [0, 0.1) is 68.3 Å². The SMILES string of the molecule is CCN1CC=C2C(C#N)C(=N)C(C#N)(C#N)[C@@H](c3ccc(F)cc3F)[C@H]2C1. The molecule has 136 valence electrons. The van der Waals surface area contributed by atoms with E-state index in [-0.39, 0.29) is 11.3 Å². The molecule has 0 saturated heterocycles. The number of hydrogen-bond acceptors (Lipinski definition) is 5. The van der Waals surface area contributed by atoms with Crippen LogP contribution in [0.4, 0.5) is 8.78 Å². The molecule has 7 heteroatoms. The van der Waals surface area contributed by atoms with E-state index < -0.39 is 34.8 Å². The van der Waals surface area contributed by atoms with Crippen LogP contribution in [0.5, 0.6) is 0 Å². The fraction of sp³-hybridized carbons (Fsp3) is 0.400. The van der Waals surface area contributed by atoms with Gasteiger partial charge in [0.25, 0.3) is 0 Å². The van der Waals surface area contributed by atoms with Crippen molar-refractivity contribution in [1.29, 1.82) is 21.2 Å². The van der Waals surface area contributed by atoms with Gasteiger partial charge >= 0.3 is 0 Å². The van der Waals surface area contributed by atoms with Gasteiger partial charge in [0.05, 0.1) is 23.9 Å². The highest BCUT2D eigenvalue weighted by molar-refractivity contribution is 6.00. The number of nitrogens with one attached hydrogen (secondary N) is 1. The second kappa shape index (κ2) is 6.91. The molecule has 3 rings (SSSR count). The van der Waals surface area contributed by atoms with Crippen LogP contribution in [-0.4, -0.2) is 30.2 Å². The zero-order chi connectivity index (χ0) is 19.8. The van der Waals surface area contributed by atoms with E-state index in [2.05, 4.69) is 4.90 Å². The van der Waals surface area contributed by atoms with E-state index in [4.69, 9.17) is 5.41 Å². The molecule has 0 bridgehead atoms. The van der Waals surface area contributed by atoms with Crippen LogP contribution in [0.2, 0.25) is 0 Å². The minimum Gasteiger partial charge on any atom is -0.305 e. The minimum atomic E-state index is -1.99. The molecule has 1 unspecified atom stereocenters. The van der Waals surface area contributed by atoms with Crippen molar-refractivity contribution in [2.75, 3.05) is 19.6 Å². The largest absolute Gasteiger partial charge is 0.305 e. The lowest BCUT2D eigenvalue weighted by Gasteiger charge is -2.47. The van der Waals surface area contributed by atoms with Gasteiger partial charge in [-0.2, -0.15) is 15.8 Å². The Morgan fingerprint density at radius 3 is 2.52 bits per heavy atom. The third-order valence-electron chi connectivity index (χ3n) is 5.61. The number of hydrogen-bond donors (Lipinski definition) is 1. The molecule has 0 amide bonds. The molecule has 27 heavy (non-hydrogen) atoms. The Kier molecular flexibility index (Phi) is 4.79. The van der Waals surface area contributed by atoms with Gasteiger partial charge in [0.15, 0.2) is 5.41 Å². The Balaban J connectivity index is 2.29. The van der Waals surface area contributed by atoms with Crippen LogP contribution in [0.15, 0.2) is 29.8 Å². The first-order chi connectivity index (χ1) is 12.9. The summed E-state index contributed by atoms with van der Waals surface area (Å²) in [6.07, 6.45) is 1.84. The van der Waals surface area contributed by atoms with Gasteiger partial charge in [0.2, 0.25) is 0 Å². The maximum Gasteiger partial charge on any atom is 0.189 e. The maximum atomic E-state index is 14.7. The third kappa shape index (κ3) is 2.70. The summed E-state index contributed by atoms with van der Waals surface area (Å²) in [5.41, 5.74) is -1.66. The monoisotopic (exact) mass is 365 g/mol. The highest BCUT2D eigenvalue weighted by Crippen LogP contribution is 2.53. The average molecular weight is 365 g/mol. The Labute approximate surface area is 156 Å². The van der Waals surface area contributed by atoms with Crippen LogP contribution < -0.4 is 0 Å². The lowest BCUT2D eigenvalue weighted by Crippen LogP contribution is -2.53. The first-order valence-electron chi connectivity index (χ1n) is 8.61. The Morgan fingerprint density at radius 2 is 1.96 bits per heavy atom. The summed E-state index contributed by atoms with van der Waals surface area (Å²) in [7, 11) is 0. The molecule has 3 atom stereocenters. The van der Waals surface area contributed by atoms with Gasteiger partial charge in [-0.3, -0.25) is 4.90 Å². The molecule has 1 aromatic carbocycles. The van der Waals surface area contributed by atoms with Crippen molar-refractivity contribution in [3.8, 4) is 18.2 Å². The van der Waals surface area contributed by atoms with Gasteiger partial charge in [-0.1, -0.05) is 19.1 Å². The number of likely N-dealkylation sites (N-methyl/N-ethyl adjacent to an activating group) is 1. The lowest BCUT2D eigenvalue weighted by molar-refractivity contribution is 0.209. The molecule has 1 N–H and O–H groups in total. The van der Waals surface area contributed by atoms with Crippen LogP contribution in [0.25, 0.3) is 0 Å². The van der Waals surface area contributed by atoms with Crippen molar-refractivity contribution >= 4 is 5.71 Å². The van der Waals surface area contributed by atoms with Gasteiger partial charge in [-0.15, -0.1) is 0 Å². The zero-order valence-electron chi connectivity index (χ0n) is 14.7. The molecule has 1 aromatic rings. The first-order valence-corrected chi connectivity index (χ1v) is 8.61. The van der Waals surface area contributed by atoms with Crippen molar-refractivity contribution in [1.82, 2.24) is 4.90 Å². The predicted molar refractivity (Wildman–Crippen MR) is 93.3 cm³/mol. The van der Waals surface area contributed by atoms with E-state index in [0.29, 0.717) is 25.2 Å². The Morgan fingerprint density at radius 1 is 1.26 bits per heavy atom. The normalized spacial score (nSPS) is 26.9. The van der Waals surface area contributed by atoms with Crippen molar-refractivity contribution in [2.45, 2.75) is 12.8 Å². The molecule has 2 aliphatic rings. The highest BCUT2D eigenvalue weighted by atomic mass is 19.1. The molecular formula is C20H17F2N5. The number of nitriles is 3.